The van der Waals surface area contributed by atoms with E-state index in [9.17, 15) is 9.90 Å². The molecule has 0 aliphatic carbocycles. The summed E-state index contributed by atoms with van der Waals surface area (Å²) in [5.74, 6) is -0.174. The van der Waals surface area contributed by atoms with E-state index in [-0.39, 0.29) is 6.61 Å². The first-order valence-electron chi connectivity index (χ1n) is 7.53. The lowest BCUT2D eigenvalue weighted by atomic mass is 10.1. The number of carbonyl (C=O) groups excluding carboxylic acids is 1. The number of ether oxygens (including phenoxy) is 1. The third kappa shape index (κ3) is 4.57. The van der Waals surface area contributed by atoms with E-state index in [1.807, 2.05) is 6.07 Å². The van der Waals surface area contributed by atoms with Gasteiger partial charge in [-0.3, -0.25) is 4.79 Å². The van der Waals surface area contributed by atoms with Crippen molar-refractivity contribution in [1.82, 2.24) is 0 Å². The van der Waals surface area contributed by atoms with E-state index < -0.39 is 11.5 Å². The summed E-state index contributed by atoms with van der Waals surface area (Å²) in [6.45, 7) is 2.86. The topological polar surface area (TPSA) is 106 Å². The number of nitrogens with zero attached hydrogens (tertiary/aromatic N) is 2. The van der Waals surface area contributed by atoms with E-state index in [1.165, 1.54) is 6.92 Å². The van der Waals surface area contributed by atoms with Gasteiger partial charge in [0.25, 0.3) is 5.91 Å². The number of carbonyl (C=O) groups is 1. The zero-order valence-electron chi connectivity index (χ0n) is 13.9. The molecule has 6 heteroatoms. The second-order valence-electron chi connectivity index (χ2n) is 5.79. The van der Waals surface area contributed by atoms with Gasteiger partial charge in [0.05, 0.1) is 23.3 Å². The second-order valence-corrected chi connectivity index (χ2v) is 5.79. The summed E-state index contributed by atoms with van der Waals surface area (Å²) in [6, 6.07) is 15.3. The fourth-order valence-corrected chi connectivity index (χ4v) is 2.05. The van der Waals surface area contributed by atoms with Crippen molar-refractivity contribution in [3.8, 4) is 17.9 Å². The van der Waals surface area contributed by atoms with Gasteiger partial charge in [-0.15, -0.1) is 0 Å². The number of benzene rings is 2. The van der Waals surface area contributed by atoms with E-state index >= 15 is 0 Å². The Morgan fingerprint density at radius 2 is 1.88 bits per heavy atom. The Kier molecular flexibility index (Phi) is 5.38. The molecule has 0 bridgehead atoms. The van der Waals surface area contributed by atoms with Crippen molar-refractivity contribution in [2.45, 2.75) is 19.4 Å². The first-order valence-corrected chi connectivity index (χ1v) is 7.53. The van der Waals surface area contributed by atoms with Crippen LogP contribution in [0.3, 0.4) is 0 Å². The maximum absolute atomic E-state index is 12.3. The Morgan fingerprint density at radius 1 is 1.20 bits per heavy atom. The highest BCUT2D eigenvalue weighted by molar-refractivity contribution is 5.97. The molecule has 0 heterocycles. The normalized spacial score (nSPS) is 12.4. The van der Waals surface area contributed by atoms with E-state index in [0.717, 1.165) is 5.56 Å². The maximum Gasteiger partial charge on any atom is 0.259 e. The highest BCUT2D eigenvalue weighted by Gasteiger charge is 2.31. The monoisotopic (exact) mass is 335 g/mol. The first-order chi connectivity index (χ1) is 11.9. The molecule has 126 valence electrons. The molecule has 0 aromatic heterocycles. The highest BCUT2D eigenvalue weighted by atomic mass is 16.5. The molecule has 25 heavy (non-hydrogen) atoms. The first kappa shape index (κ1) is 18.0. The molecule has 2 N–H and O–H groups in total. The number of anilines is 1. The number of hydrogen-bond donors (Lipinski definition) is 2. The standard InChI is InChI=1S/C19H17N3O3/c1-13-9-16(6-5-15(13)11-21)22-18(23)19(2,24)12-25-17-7-3-14(10-20)4-8-17/h3-9,24H,12H2,1-2H3,(H,22,23)/t19-/m0/s1. The summed E-state index contributed by atoms with van der Waals surface area (Å²) >= 11 is 0. The van der Waals surface area contributed by atoms with Crippen LogP contribution in [-0.2, 0) is 4.79 Å². The van der Waals surface area contributed by atoms with Gasteiger partial charge in [-0.25, -0.2) is 0 Å². The van der Waals surface area contributed by atoms with Crippen LogP contribution in [-0.4, -0.2) is 23.2 Å². The Balaban J connectivity index is 2.00. The summed E-state index contributed by atoms with van der Waals surface area (Å²) in [6.07, 6.45) is 0. The highest BCUT2D eigenvalue weighted by Crippen LogP contribution is 2.18. The SMILES string of the molecule is Cc1cc(NC(=O)[C@@](C)(O)COc2ccc(C#N)cc2)ccc1C#N. The smallest absolute Gasteiger partial charge is 0.259 e. The van der Waals surface area contributed by atoms with Crippen LogP contribution in [0.1, 0.15) is 23.6 Å². The van der Waals surface area contributed by atoms with Gasteiger partial charge in [-0.05, 0) is 61.9 Å². The minimum atomic E-state index is -1.75. The maximum atomic E-state index is 12.3. The molecule has 6 nitrogen and oxygen atoms in total. The average Bonchev–Trinajstić information content (AvgIpc) is 2.60. The van der Waals surface area contributed by atoms with Crippen LogP contribution < -0.4 is 10.1 Å². The molecule has 1 atom stereocenters. The largest absolute Gasteiger partial charge is 0.490 e. The third-order valence-corrected chi connectivity index (χ3v) is 3.60. The lowest BCUT2D eigenvalue weighted by molar-refractivity contribution is -0.135. The summed E-state index contributed by atoms with van der Waals surface area (Å²) in [7, 11) is 0. The van der Waals surface area contributed by atoms with Gasteiger partial charge in [0.15, 0.2) is 5.60 Å². The molecule has 0 radical (unpaired) electrons. The van der Waals surface area contributed by atoms with Gasteiger partial charge in [0.2, 0.25) is 0 Å². The molecule has 0 spiro atoms. The number of aliphatic hydroxyl groups is 1. The number of aryl methyl sites for hydroxylation is 1. The van der Waals surface area contributed by atoms with Crippen molar-refractivity contribution in [2.24, 2.45) is 0 Å². The molecule has 0 saturated heterocycles. The van der Waals surface area contributed by atoms with Crippen LogP contribution in [0.2, 0.25) is 0 Å². The molecule has 0 aliphatic rings. The molecule has 0 saturated carbocycles. The number of nitriles is 2. The van der Waals surface area contributed by atoms with Gasteiger partial charge in [-0.2, -0.15) is 10.5 Å². The molecular formula is C19H17N3O3. The predicted octanol–water partition coefficient (Wildman–Crippen LogP) is 2.51. The number of rotatable bonds is 5. The van der Waals surface area contributed by atoms with Crippen LogP contribution in [0.25, 0.3) is 0 Å². The second kappa shape index (κ2) is 7.48. The minimum absolute atomic E-state index is 0.250. The Hall–Kier alpha value is -3.35. The lowest BCUT2D eigenvalue weighted by Gasteiger charge is -2.22. The molecule has 1 amide bonds. The quantitative estimate of drug-likeness (QED) is 0.873. The van der Waals surface area contributed by atoms with Gasteiger partial charge < -0.3 is 15.2 Å². The van der Waals surface area contributed by atoms with Gasteiger partial charge in [-0.1, -0.05) is 0 Å². The van der Waals surface area contributed by atoms with E-state index in [1.54, 1.807) is 49.4 Å². The average molecular weight is 335 g/mol. The lowest BCUT2D eigenvalue weighted by Crippen LogP contribution is -2.45. The zero-order valence-corrected chi connectivity index (χ0v) is 13.9. The van der Waals surface area contributed by atoms with Gasteiger partial charge in [0, 0.05) is 5.69 Å². The van der Waals surface area contributed by atoms with E-state index in [2.05, 4.69) is 11.4 Å². The van der Waals surface area contributed by atoms with Crippen molar-refractivity contribution in [2.75, 3.05) is 11.9 Å². The Labute approximate surface area is 145 Å². The van der Waals surface area contributed by atoms with Crippen LogP contribution in [0, 0.1) is 29.6 Å². The summed E-state index contributed by atoms with van der Waals surface area (Å²) < 4.78 is 5.43. The third-order valence-electron chi connectivity index (χ3n) is 3.60. The van der Waals surface area contributed by atoms with Crippen molar-refractivity contribution in [3.63, 3.8) is 0 Å². The van der Waals surface area contributed by atoms with Crippen LogP contribution >= 0.6 is 0 Å². The van der Waals surface area contributed by atoms with Crippen LogP contribution in [0.15, 0.2) is 42.5 Å². The van der Waals surface area contributed by atoms with Crippen molar-refractivity contribution >= 4 is 11.6 Å². The zero-order chi connectivity index (χ0) is 18.4. The Morgan fingerprint density at radius 3 is 2.44 bits per heavy atom. The molecule has 2 aromatic carbocycles. The van der Waals surface area contributed by atoms with Gasteiger partial charge >= 0.3 is 0 Å². The summed E-state index contributed by atoms with van der Waals surface area (Å²) in [5, 5.41) is 30.6. The Bertz CT molecular complexity index is 859. The van der Waals surface area contributed by atoms with Crippen LogP contribution in [0.5, 0.6) is 5.75 Å². The van der Waals surface area contributed by atoms with E-state index in [4.69, 9.17) is 15.3 Å². The fourth-order valence-electron chi connectivity index (χ4n) is 2.05. The van der Waals surface area contributed by atoms with Crippen molar-refractivity contribution in [3.05, 3.63) is 59.2 Å². The van der Waals surface area contributed by atoms with E-state index in [0.29, 0.717) is 22.6 Å². The van der Waals surface area contributed by atoms with Crippen molar-refractivity contribution < 1.29 is 14.6 Å². The summed E-state index contributed by atoms with van der Waals surface area (Å²) in [5.41, 5.74) is 0.478. The number of nitrogens with one attached hydrogen (secondary N) is 1. The van der Waals surface area contributed by atoms with Crippen molar-refractivity contribution in [1.29, 1.82) is 10.5 Å². The summed E-state index contributed by atoms with van der Waals surface area (Å²) in [4.78, 5) is 12.3. The molecule has 0 fully saturated rings. The minimum Gasteiger partial charge on any atom is -0.490 e. The number of hydrogen-bond acceptors (Lipinski definition) is 5. The molecule has 2 aromatic rings. The predicted molar refractivity (Wildman–Crippen MR) is 91.8 cm³/mol. The van der Waals surface area contributed by atoms with Gasteiger partial charge in [0.1, 0.15) is 12.4 Å². The molecular weight excluding hydrogens is 318 g/mol. The number of amides is 1. The molecule has 2 rings (SSSR count). The molecule has 0 aliphatic heterocycles. The molecule has 0 unspecified atom stereocenters. The van der Waals surface area contributed by atoms with Crippen LogP contribution in [0.4, 0.5) is 5.69 Å². The fraction of sp³-hybridized carbons (Fsp3) is 0.211.